The first kappa shape index (κ1) is 17.5. The number of halogens is 1. The van der Waals surface area contributed by atoms with Gasteiger partial charge in [0.25, 0.3) is 0 Å². The number of benzene rings is 2. The molecule has 1 aliphatic rings. The second kappa shape index (κ2) is 7.45. The molecule has 4 nitrogen and oxygen atoms in total. The SMILES string of the molecule is Brc1ccc(-c2nn(-c3ccc(OCc4ccccc4)cc3)c3c2CCN3)s1. The predicted octanol–water partition coefficient (Wildman–Crippen LogP) is 5.91. The third-order valence-corrected chi connectivity index (χ3v) is 6.42. The summed E-state index contributed by atoms with van der Waals surface area (Å²) in [5.41, 5.74) is 4.55. The van der Waals surface area contributed by atoms with E-state index in [1.165, 1.54) is 10.4 Å². The molecule has 0 bridgehead atoms. The highest BCUT2D eigenvalue weighted by Gasteiger charge is 2.24. The molecule has 3 heterocycles. The van der Waals surface area contributed by atoms with Crippen molar-refractivity contribution in [2.45, 2.75) is 13.0 Å². The molecule has 0 saturated heterocycles. The van der Waals surface area contributed by atoms with E-state index in [1.54, 1.807) is 11.3 Å². The minimum atomic E-state index is 0.566. The maximum Gasteiger partial charge on any atom is 0.133 e. The fourth-order valence-corrected chi connectivity index (χ4v) is 4.82. The summed E-state index contributed by atoms with van der Waals surface area (Å²) in [7, 11) is 0. The molecule has 140 valence electrons. The van der Waals surface area contributed by atoms with Crippen molar-refractivity contribution in [2.24, 2.45) is 0 Å². The number of thiophene rings is 1. The van der Waals surface area contributed by atoms with Crippen LogP contribution in [0.1, 0.15) is 11.1 Å². The number of fused-ring (bicyclic) bond motifs is 1. The van der Waals surface area contributed by atoms with Gasteiger partial charge in [0.15, 0.2) is 0 Å². The monoisotopic (exact) mass is 451 g/mol. The van der Waals surface area contributed by atoms with E-state index in [1.807, 2.05) is 35.0 Å². The molecule has 0 atom stereocenters. The molecule has 1 aliphatic heterocycles. The maximum atomic E-state index is 5.90. The first-order valence-corrected chi connectivity index (χ1v) is 10.8. The van der Waals surface area contributed by atoms with Crippen molar-refractivity contribution < 1.29 is 4.74 Å². The smallest absolute Gasteiger partial charge is 0.133 e. The Morgan fingerprint density at radius 1 is 1.04 bits per heavy atom. The van der Waals surface area contributed by atoms with Crippen LogP contribution in [0.2, 0.25) is 0 Å². The second-order valence-corrected chi connectivity index (χ2v) is 9.10. The lowest BCUT2D eigenvalue weighted by atomic mass is 10.2. The van der Waals surface area contributed by atoms with Crippen LogP contribution in [-0.4, -0.2) is 16.3 Å². The van der Waals surface area contributed by atoms with Gasteiger partial charge in [0, 0.05) is 12.1 Å². The van der Waals surface area contributed by atoms with E-state index in [9.17, 15) is 0 Å². The number of aromatic nitrogens is 2. The van der Waals surface area contributed by atoms with Gasteiger partial charge in [-0.2, -0.15) is 5.10 Å². The summed E-state index contributed by atoms with van der Waals surface area (Å²) >= 11 is 5.27. The lowest BCUT2D eigenvalue weighted by molar-refractivity contribution is 0.306. The van der Waals surface area contributed by atoms with Gasteiger partial charge in [-0.15, -0.1) is 11.3 Å². The van der Waals surface area contributed by atoms with Crippen molar-refractivity contribution >= 4 is 33.1 Å². The zero-order valence-electron chi connectivity index (χ0n) is 15.1. The van der Waals surface area contributed by atoms with Crippen LogP contribution in [0.3, 0.4) is 0 Å². The molecular weight excluding hydrogens is 434 g/mol. The van der Waals surface area contributed by atoms with Gasteiger partial charge in [-0.05, 0) is 64.3 Å². The molecule has 0 fully saturated rings. The van der Waals surface area contributed by atoms with Gasteiger partial charge >= 0.3 is 0 Å². The van der Waals surface area contributed by atoms with E-state index in [4.69, 9.17) is 9.84 Å². The Bertz CT molecular complexity index is 1100. The van der Waals surface area contributed by atoms with E-state index >= 15 is 0 Å². The topological polar surface area (TPSA) is 39.1 Å². The molecular formula is C22H18BrN3OS. The molecule has 2 aromatic heterocycles. The molecule has 28 heavy (non-hydrogen) atoms. The number of anilines is 1. The van der Waals surface area contributed by atoms with Gasteiger partial charge < -0.3 is 10.1 Å². The number of hydrogen-bond acceptors (Lipinski definition) is 4. The number of nitrogens with zero attached hydrogens (tertiary/aromatic N) is 2. The standard InChI is InChI=1S/C22H18BrN3OS/c23-20-11-10-19(28-20)21-18-12-13-24-22(18)26(25-21)16-6-8-17(9-7-16)27-14-15-4-2-1-3-5-15/h1-11,24H,12-14H2. The summed E-state index contributed by atoms with van der Waals surface area (Å²) in [6, 6.07) is 22.5. The summed E-state index contributed by atoms with van der Waals surface area (Å²) in [6.07, 6.45) is 0.998. The van der Waals surface area contributed by atoms with Crippen molar-refractivity contribution in [1.29, 1.82) is 0 Å². The van der Waals surface area contributed by atoms with Crippen LogP contribution in [0.15, 0.2) is 70.5 Å². The Kier molecular flexibility index (Phi) is 4.66. The third kappa shape index (κ3) is 3.34. The van der Waals surface area contributed by atoms with Crippen LogP contribution < -0.4 is 10.1 Å². The predicted molar refractivity (Wildman–Crippen MR) is 118 cm³/mol. The molecule has 0 spiro atoms. The van der Waals surface area contributed by atoms with Crippen LogP contribution in [-0.2, 0) is 13.0 Å². The molecule has 6 heteroatoms. The Balaban J connectivity index is 1.41. The van der Waals surface area contributed by atoms with Crippen LogP contribution in [0.5, 0.6) is 5.75 Å². The first-order chi connectivity index (χ1) is 13.8. The molecule has 4 aromatic rings. The fourth-order valence-electron chi connectivity index (χ4n) is 3.43. The highest BCUT2D eigenvalue weighted by molar-refractivity contribution is 9.11. The van der Waals surface area contributed by atoms with Gasteiger partial charge in [0.1, 0.15) is 23.9 Å². The molecule has 1 N–H and O–H groups in total. The third-order valence-electron chi connectivity index (χ3n) is 4.79. The number of hydrogen-bond donors (Lipinski definition) is 1. The largest absolute Gasteiger partial charge is 0.489 e. The second-order valence-electron chi connectivity index (χ2n) is 6.64. The zero-order chi connectivity index (χ0) is 18.9. The van der Waals surface area contributed by atoms with Crippen molar-refractivity contribution in [1.82, 2.24) is 9.78 Å². The number of ether oxygens (including phenoxy) is 1. The highest BCUT2D eigenvalue weighted by atomic mass is 79.9. The minimum Gasteiger partial charge on any atom is -0.489 e. The summed E-state index contributed by atoms with van der Waals surface area (Å²) in [5.74, 6) is 1.95. The summed E-state index contributed by atoms with van der Waals surface area (Å²) in [6.45, 7) is 1.52. The summed E-state index contributed by atoms with van der Waals surface area (Å²) in [5, 5.41) is 8.40. The Labute approximate surface area is 175 Å². The van der Waals surface area contributed by atoms with Crippen molar-refractivity contribution in [2.75, 3.05) is 11.9 Å². The Hall–Kier alpha value is -2.57. The number of nitrogens with one attached hydrogen (secondary N) is 1. The normalized spacial score (nSPS) is 12.6. The first-order valence-electron chi connectivity index (χ1n) is 9.16. The van der Waals surface area contributed by atoms with Gasteiger partial charge in [0.2, 0.25) is 0 Å². The van der Waals surface area contributed by atoms with Crippen molar-refractivity contribution in [3.63, 3.8) is 0 Å². The Morgan fingerprint density at radius 2 is 1.86 bits per heavy atom. The van der Waals surface area contributed by atoms with Crippen molar-refractivity contribution in [3.8, 4) is 22.0 Å². The van der Waals surface area contributed by atoms with Gasteiger partial charge in [-0.3, -0.25) is 0 Å². The minimum absolute atomic E-state index is 0.566. The van der Waals surface area contributed by atoms with E-state index in [2.05, 4.69) is 57.6 Å². The molecule has 0 saturated carbocycles. The molecule has 2 aromatic carbocycles. The zero-order valence-corrected chi connectivity index (χ0v) is 17.5. The summed E-state index contributed by atoms with van der Waals surface area (Å²) in [4.78, 5) is 1.19. The fraction of sp³-hybridized carbons (Fsp3) is 0.136. The van der Waals surface area contributed by atoms with Crippen LogP contribution in [0, 0.1) is 0 Å². The van der Waals surface area contributed by atoms with Crippen molar-refractivity contribution in [3.05, 3.63) is 81.6 Å². The molecule has 0 amide bonds. The van der Waals surface area contributed by atoms with E-state index in [0.717, 1.165) is 45.3 Å². The van der Waals surface area contributed by atoms with Crippen LogP contribution in [0.4, 0.5) is 5.82 Å². The lowest BCUT2D eigenvalue weighted by Gasteiger charge is -2.09. The molecule has 0 unspecified atom stereocenters. The number of rotatable bonds is 5. The molecule has 0 radical (unpaired) electrons. The average Bonchev–Trinajstić information content (AvgIpc) is 3.44. The lowest BCUT2D eigenvalue weighted by Crippen LogP contribution is -2.04. The molecule has 5 rings (SSSR count). The van der Waals surface area contributed by atoms with E-state index in [0.29, 0.717) is 6.61 Å². The maximum absolute atomic E-state index is 5.90. The average molecular weight is 452 g/mol. The van der Waals surface area contributed by atoms with Crippen LogP contribution in [0.25, 0.3) is 16.3 Å². The van der Waals surface area contributed by atoms with E-state index < -0.39 is 0 Å². The quantitative estimate of drug-likeness (QED) is 0.409. The highest BCUT2D eigenvalue weighted by Crippen LogP contribution is 2.38. The van der Waals surface area contributed by atoms with Gasteiger partial charge in [0.05, 0.1) is 14.4 Å². The Morgan fingerprint density at radius 3 is 2.61 bits per heavy atom. The molecule has 0 aliphatic carbocycles. The van der Waals surface area contributed by atoms with Gasteiger partial charge in [-0.25, -0.2) is 4.68 Å². The van der Waals surface area contributed by atoms with Crippen LogP contribution >= 0.6 is 27.3 Å². The summed E-state index contributed by atoms with van der Waals surface area (Å²) < 4.78 is 9.03. The van der Waals surface area contributed by atoms with E-state index in [-0.39, 0.29) is 0 Å². The van der Waals surface area contributed by atoms with Gasteiger partial charge in [-0.1, -0.05) is 30.3 Å².